The molecule has 2 N–H and O–H groups in total. The van der Waals surface area contributed by atoms with Crippen LogP contribution in [0.1, 0.15) is 11.1 Å². The molecule has 2 aromatic carbocycles. The first-order valence-electron chi connectivity index (χ1n) is 6.80. The SMILES string of the molecule is COc1ccccc1CC(CN)Cc1ccccc1F. The lowest BCUT2D eigenvalue weighted by Gasteiger charge is -2.17. The fourth-order valence-corrected chi connectivity index (χ4v) is 2.40. The van der Waals surface area contributed by atoms with Gasteiger partial charge in [-0.25, -0.2) is 4.39 Å². The van der Waals surface area contributed by atoms with Crippen LogP contribution in [-0.2, 0) is 12.8 Å². The molecule has 0 spiro atoms. The topological polar surface area (TPSA) is 35.2 Å². The largest absolute Gasteiger partial charge is 0.496 e. The molecule has 0 heterocycles. The minimum absolute atomic E-state index is 0.161. The highest BCUT2D eigenvalue weighted by molar-refractivity contribution is 5.33. The molecule has 0 aliphatic carbocycles. The fourth-order valence-electron chi connectivity index (χ4n) is 2.40. The molecule has 1 atom stereocenters. The van der Waals surface area contributed by atoms with E-state index in [9.17, 15) is 4.39 Å². The monoisotopic (exact) mass is 273 g/mol. The van der Waals surface area contributed by atoms with Crippen molar-refractivity contribution < 1.29 is 9.13 Å². The fraction of sp³-hybridized carbons (Fsp3) is 0.294. The molecule has 1 unspecified atom stereocenters. The maximum Gasteiger partial charge on any atom is 0.126 e. The molecule has 2 aromatic rings. The highest BCUT2D eigenvalue weighted by atomic mass is 19.1. The third-order valence-corrected chi connectivity index (χ3v) is 3.50. The van der Waals surface area contributed by atoms with Gasteiger partial charge >= 0.3 is 0 Å². The first kappa shape index (κ1) is 14.5. The number of methoxy groups -OCH3 is 1. The molecule has 0 saturated heterocycles. The maximum absolute atomic E-state index is 13.7. The Balaban J connectivity index is 2.11. The standard InChI is InChI=1S/C17H20FNO/c1-20-17-9-5-3-7-15(17)11-13(12-19)10-14-6-2-4-8-16(14)18/h2-9,13H,10-12,19H2,1H3. The Hall–Kier alpha value is -1.87. The molecular formula is C17H20FNO. The number of rotatable bonds is 6. The second kappa shape index (κ2) is 7.06. The molecule has 2 rings (SSSR count). The molecule has 0 aliphatic heterocycles. The summed E-state index contributed by atoms with van der Waals surface area (Å²) in [6.07, 6.45) is 1.43. The van der Waals surface area contributed by atoms with E-state index >= 15 is 0 Å². The molecule has 0 aromatic heterocycles. The summed E-state index contributed by atoms with van der Waals surface area (Å²) in [7, 11) is 1.66. The van der Waals surface area contributed by atoms with E-state index in [1.54, 1.807) is 13.2 Å². The van der Waals surface area contributed by atoms with Crippen LogP contribution >= 0.6 is 0 Å². The van der Waals surface area contributed by atoms with Gasteiger partial charge in [0.2, 0.25) is 0 Å². The van der Waals surface area contributed by atoms with Crippen molar-refractivity contribution >= 4 is 0 Å². The lowest BCUT2D eigenvalue weighted by Crippen LogP contribution is -2.20. The first-order chi connectivity index (χ1) is 9.74. The zero-order chi connectivity index (χ0) is 14.4. The summed E-state index contributed by atoms with van der Waals surface area (Å²) in [5.74, 6) is 0.897. The van der Waals surface area contributed by atoms with Crippen molar-refractivity contribution in [2.75, 3.05) is 13.7 Å². The van der Waals surface area contributed by atoms with E-state index in [4.69, 9.17) is 10.5 Å². The van der Waals surface area contributed by atoms with E-state index < -0.39 is 0 Å². The predicted molar refractivity (Wildman–Crippen MR) is 79.3 cm³/mol. The highest BCUT2D eigenvalue weighted by Gasteiger charge is 2.13. The van der Waals surface area contributed by atoms with Crippen LogP contribution in [0.5, 0.6) is 5.75 Å². The quantitative estimate of drug-likeness (QED) is 0.877. The summed E-state index contributed by atoms with van der Waals surface area (Å²) in [5.41, 5.74) is 7.68. The van der Waals surface area contributed by atoms with Crippen LogP contribution in [0, 0.1) is 11.7 Å². The summed E-state index contributed by atoms with van der Waals surface area (Å²) in [6.45, 7) is 0.520. The molecule has 0 aliphatic rings. The molecule has 2 nitrogen and oxygen atoms in total. The van der Waals surface area contributed by atoms with Crippen molar-refractivity contribution in [2.24, 2.45) is 11.7 Å². The summed E-state index contributed by atoms with van der Waals surface area (Å²) >= 11 is 0. The smallest absolute Gasteiger partial charge is 0.126 e. The molecule has 0 amide bonds. The Bertz CT molecular complexity index is 556. The van der Waals surface area contributed by atoms with Crippen molar-refractivity contribution in [3.63, 3.8) is 0 Å². The second-order valence-electron chi connectivity index (χ2n) is 4.91. The minimum Gasteiger partial charge on any atom is -0.496 e. The van der Waals surface area contributed by atoms with Crippen LogP contribution in [0.4, 0.5) is 4.39 Å². The van der Waals surface area contributed by atoms with E-state index in [1.165, 1.54) is 6.07 Å². The highest BCUT2D eigenvalue weighted by Crippen LogP contribution is 2.23. The number of nitrogens with two attached hydrogens (primary N) is 1. The normalized spacial score (nSPS) is 12.2. The Labute approximate surface area is 119 Å². The van der Waals surface area contributed by atoms with Crippen molar-refractivity contribution in [3.05, 3.63) is 65.5 Å². The van der Waals surface area contributed by atoms with Gasteiger partial charge in [-0.05, 0) is 48.6 Å². The van der Waals surface area contributed by atoms with Gasteiger partial charge in [-0.2, -0.15) is 0 Å². The molecule has 20 heavy (non-hydrogen) atoms. The number of hydrogen-bond acceptors (Lipinski definition) is 2. The van der Waals surface area contributed by atoms with Crippen molar-refractivity contribution in [2.45, 2.75) is 12.8 Å². The molecule has 0 fully saturated rings. The third kappa shape index (κ3) is 3.58. The zero-order valence-electron chi connectivity index (χ0n) is 11.7. The van der Waals surface area contributed by atoms with E-state index in [1.807, 2.05) is 36.4 Å². The van der Waals surface area contributed by atoms with E-state index in [2.05, 4.69) is 0 Å². The van der Waals surface area contributed by atoms with Crippen LogP contribution in [0.3, 0.4) is 0 Å². The van der Waals surface area contributed by atoms with Crippen LogP contribution < -0.4 is 10.5 Å². The third-order valence-electron chi connectivity index (χ3n) is 3.50. The van der Waals surface area contributed by atoms with Gasteiger partial charge < -0.3 is 10.5 Å². The van der Waals surface area contributed by atoms with Gasteiger partial charge in [0.05, 0.1) is 7.11 Å². The molecule has 0 radical (unpaired) electrons. The molecule has 0 saturated carbocycles. The number of para-hydroxylation sites is 1. The Kier molecular flexibility index (Phi) is 5.13. The average Bonchev–Trinajstić information content (AvgIpc) is 2.49. The molecule has 3 heteroatoms. The lowest BCUT2D eigenvalue weighted by molar-refractivity contribution is 0.403. The van der Waals surface area contributed by atoms with E-state index in [0.717, 1.165) is 23.3 Å². The van der Waals surface area contributed by atoms with Gasteiger partial charge in [-0.3, -0.25) is 0 Å². The lowest BCUT2D eigenvalue weighted by atomic mass is 9.92. The van der Waals surface area contributed by atoms with Gasteiger partial charge in [-0.1, -0.05) is 36.4 Å². The minimum atomic E-state index is -0.161. The van der Waals surface area contributed by atoms with Crippen molar-refractivity contribution in [1.82, 2.24) is 0 Å². The van der Waals surface area contributed by atoms with Gasteiger partial charge in [0.25, 0.3) is 0 Å². The van der Waals surface area contributed by atoms with Gasteiger partial charge in [0.15, 0.2) is 0 Å². The van der Waals surface area contributed by atoms with Crippen molar-refractivity contribution in [1.29, 1.82) is 0 Å². The first-order valence-corrected chi connectivity index (χ1v) is 6.80. The van der Waals surface area contributed by atoms with Gasteiger partial charge in [0.1, 0.15) is 11.6 Å². The van der Waals surface area contributed by atoms with Crippen LogP contribution in [0.25, 0.3) is 0 Å². The summed E-state index contributed by atoms with van der Waals surface area (Å²) in [6, 6.07) is 14.8. The zero-order valence-corrected chi connectivity index (χ0v) is 11.7. The molecule has 0 bridgehead atoms. The number of benzene rings is 2. The maximum atomic E-state index is 13.7. The van der Waals surface area contributed by atoms with Crippen LogP contribution in [0.15, 0.2) is 48.5 Å². The predicted octanol–water partition coefficient (Wildman–Crippen LogP) is 3.19. The Morgan fingerprint density at radius 2 is 1.60 bits per heavy atom. The second-order valence-corrected chi connectivity index (χ2v) is 4.91. The molecular weight excluding hydrogens is 253 g/mol. The summed E-state index contributed by atoms with van der Waals surface area (Å²) < 4.78 is 19.1. The van der Waals surface area contributed by atoms with Crippen LogP contribution in [-0.4, -0.2) is 13.7 Å². The Morgan fingerprint density at radius 1 is 1.00 bits per heavy atom. The summed E-state index contributed by atoms with van der Waals surface area (Å²) in [5, 5.41) is 0. The average molecular weight is 273 g/mol. The van der Waals surface area contributed by atoms with Gasteiger partial charge in [-0.15, -0.1) is 0 Å². The van der Waals surface area contributed by atoms with Gasteiger partial charge in [0, 0.05) is 0 Å². The van der Waals surface area contributed by atoms with Crippen molar-refractivity contribution in [3.8, 4) is 5.75 Å². The van der Waals surface area contributed by atoms with Crippen LogP contribution in [0.2, 0.25) is 0 Å². The summed E-state index contributed by atoms with van der Waals surface area (Å²) in [4.78, 5) is 0. The number of ether oxygens (including phenoxy) is 1. The van der Waals surface area contributed by atoms with E-state index in [-0.39, 0.29) is 11.7 Å². The molecule has 106 valence electrons. The number of hydrogen-bond donors (Lipinski definition) is 1. The van der Waals surface area contributed by atoms with E-state index in [0.29, 0.717) is 13.0 Å². The Morgan fingerprint density at radius 3 is 2.25 bits per heavy atom. The number of halogens is 1.